The lowest BCUT2D eigenvalue weighted by atomic mass is 10.1. The van der Waals surface area contributed by atoms with E-state index in [0.717, 1.165) is 42.8 Å². The van der Waals surface area contributed by atoms with Crippen LogP contribution < -0.4 is 0 Å². The molecule has 1 aliphatic rings. The van der Waals surface area contributed by atoms with Crippen LogP contribution in [0.4, 0.5) is 0 Å². The number of aliphatic carboxylic acids is 1. The average molecular weight is 279 g/mol. The second-order valence-electron chi connectivity index (χ2n) is 4.54. The molecular weight excluding hydrogens is 262 g/mol. The highest BCUT2D eigenvalue weighted by Gasteiger charge is 2.14. The molecule has 0 radical (unpaired) electrons. The van der Waals surface area contributed by atoms with E-state index in [0.29, 0.717) is 0 Å². The fraction of sp³-hybridized carbons (Fsp3) is 0.357. The Labute approximate surface area is 115 Å². The maximum absolute atomic E-state index is 11.3. The zero-order valence-electron chi connectivity index (χ0n) is 10.6. The molecule has 1 heterocycles. The fourth-order valence-electron chi connectivity index (χ4n) is 1.99. The monoisotopic (exact) mass is 279 g/mol. The van der Waals surface area contributed by atoms with Crippen LogP contribution >= 0.6 is 0 Å². The van der Waals surface area contributed by atoms with Gasteiger partial charge in [0.15, 0.2) is 0 Å². The van der Waals surface area contributed by atoms with Crippen molar-refractivity contribution < 1.29 is 14.1 Å². The number of carboxylic acid groups (broad SMARTS) is 1. The first-order chi connectivity index (χ1) is 9.13. The Hall–Kier alpha value is -1.46. The molecule has 0 bridgehead atoms. The maximum Gasteiger partial charge on any atom is 0.328 e. The molecule has 0 amide bonds. The highest BCUT2D eigenvalue weighted by atomic mass is 32.2. The molecule has 1 saturated heterocycles. The SMILES string of the molecule is O=C(O)/C=C/c1ccc(CN2CCS(=O)CC2)cc1. The molecule has 0 aliphatic carbocycles. The lowest BCUT2D eigenvalue weighted by molar-refractivity contribution is -0.131. The minimum Gasteiger partial charge on any atom is -0.478 e. The van der Waals surface area contributed by atoms with Crippen LogP contribution in [0, 0.1) is 0 Å². The Kier molecular flexibility index (Phi) is 4.87. The van der Waals surface area contributed by atoms with Crippen molar-refractivity contribution in [2.75, 3.05) is 24.6 Å². The van der Waals surface area contributed by atoms with Gasteiger partial charge >= 0.3 is 5.97 Å². The molecule has 0 saturated carbocycles. The van der Waals surface area contributed by atoms with Gasteiger partial charge in [0, 0.05) is 48.0 Å². The molecule has 0 spiro atoms. The predicted octanol–water partition coefficient (Wildman–Crippen LogP) is 1.35. The molecule has 1 N–H and O–H groups in total. The van der Waals surface area contributed by atoms with E-state index in [1.54, 1.807) is 6.08 Å². The van der Waals surface area contributed by atoms with Crippen LogP contribution in [-0.2, 0) is 22.1 Å². The molecule has 1 fully saturated rings. The van der Waals surface area contributed by atoms with Gasteiger partial charge in [0.2, 0.25) is 0 Å². The summed E-state index contributed by atoms with van der Waals surface area (Å²) in [6.45, 7) is 2.63. The molecular formula is C14H17NO3S. The van der Waals surface area contributed by atoms with E-state index in [2.05, 4.69) is 4.90 Å². The molecule has 19 heavy (non-hydrogen) atoms. The van der Waals surface area contributed by atoms with E-state index in [1.165, 1.54) is 5.56 Å². The summed E-state index contributed by atoms with van der Waals surface area (Å²) in [6, 6.07) is 7.84. The minimum absolute atomic E-state index is 0.636. The van der Waals surface area contributed by atoms with Crippen molar-refractivity contribution in [2.45, 2.75) is 6.54 Å². The van der Waals surface area contributed by atoms with Crippen molar-refractivity contribution in [3.8, 4) is 0 Å². The molecule has 4 nitrogen and oxygen atoms in total. The van der Waals surface area contributed by atoms with E-state index in [9.17, 15) is 9.00 Å². The molecule has 0 aromatic heterocycles. The first kappa shape index (κ1) is 14.0. The summed E-state index contributed by atoms with van der Waals surface area (Å²) in [5.41, 5.74) is 2.08. The van der Waals surface area contributed by atoms with Gasteiger partial charge in [-0.05, 0) is 17.2 Å². The van der Waals surface area contributed by atoms with Crippen LogP contribution in [0.2, 0.25) is 0 Å². The molecule has 1 aromatic rings. The second-order valence-corrected chi connectivity index (χ2v) is 6.23. The summed E-state index contributed by atoms with van der Waals surface area (Å²) in [5, 5.41) is 8.55. The van der Waals surface area contributed by atoms with Crippen LogP contribution in [0.15, 0.2) is 30.3 Å². The average Bonchev–Trinajstić information content (AvgIpc) is 2.40. The summed E-state index contributed by atoms with van der Waals surface area (Å²) in [6.07, 6.45) is 2.71. The standard InChI is InChI=1S/C14H17NO3S/c16-14(17)6-5-12-1-3-13(4-2-12)11-15-7-9-19(18)10-8-15/h1-6H,7-11H2,(H,16,17)/b6-5+. The van der Waals surface area contributed by atoms with Gasteiger partial charge in [-0.3, -0.25) is 9.11 Å². The highest BCUT2D eigenvalue weighted by molar-refractivity contribution is 7.85. The van der Waals surface area contributed by atoms with E-state index in [-0.39, 0.29) is 0 Å². The first-order valence-electron chi connectivity index (χ1n) is 6.21. The topological polar surface area (TPSA) is 57.6 Å². The van der Waals surface area contributed by atoms with Gasteiger partial charge in [0.1, 0.15) is 0 Å². The molecule has 0 unspecified atom stereocenters. The number of hydrogen-bond acceptors (Lipinski definition) is 3. The molecule has 1 aliphatic heterocycles. The van der Waals surface area contributed by atoms with Crippen molar-refractivity contribution in [2.24, 2.45) is 0 Å². The van der Waals surface area contributed by atoms with Gasteiger partial charge in [-0.25, -0.2) is 4.79 Å². The number of carboxylic acids is 1. The van der Waals surface area contributed by atoms with Crippen LogP contribution in [0.5, 0.6) is 0 Å². The molecule has 5 heteroatoms. The lowest BCUT2D eigenvalue weighted by Gasteiger charge is -2.26. The maximum atomic E-state index is 11.3. The fourth-order valence-corrected chi connectivity index (χ4v) is 3.12. The van der Waals surface area contributed by atoms with Crippen LogP contribution in [0.3, 0.4) is 0 Å². The zero-order valence-corrected chi connectivity index (χ0v) is 11.4. The van der Waals surface area contributed by atoms with E-state index in [1.807, 2.05) is 24.3 Å². The Balaban J connectivity index is 1.91. The number of carbonyl (C=O) groups is 1. The van der Waals surface area contributed by atoms with E-state index < -0.39 is 16.8 Å². The van der Waals surface area contributed by atoms with Gasteiger partial charge in [-0.2, -0.15) is 0 Å². The van der Waals surface area contributed by atoms with Gasteiger partial charge in [-0.15, -0.1) is 0 Å². The van der Waals surface area contributed by atoms with Gasteiger partial charge < -0.3 is 5.11 Å². The third-order valence-electron chi connectivity index (χ3n) is 3.07. The molecule has 0 atom stereocenters. The van der Waals surface area contributed by atoms with Crippen molar-refractivity contribution >= 4 is 22.8 Å². The normalized spacial score (nSPS) is 17.9. The molecule has 2 rings (SSSR count). The smallest absolute Gasteiger partial charge is 0.328 e. The Morgan fingerprint density at radius 3 is 2.47 bits per heavy atom. The van der Waals surface area contributed by atoms with Crippen molar-refractivity contribution in [3.63, 3.8) is 0 Å². The van der Waals surface area contributed by atoms with Gasteiger partial charge in [0.25, 0.3) is 0 Å². The Bertz CT molecular complexity index is 486. The third-order valence-corrected chi connectivity index (χ3v) is 4.35. The zero-order chi connectivity index (χ0) is 13.7. The Morgan fingerprint density at radius 1 is 1.26 bits per heavy atom. The minimum atomic E-state index is -0.939. The Morgan fingerprint density at radius 2 is 1.89 bits per heavy atom. The quantitative estimate of drug-likeness (QED) is 0.845. The first-order valence-corrected chi connectivity index (χ1v) is 7.69. The number of hydrogen-bond donors (Lipinski definition) is 1. The molecule has 102 valence electrons. The van der Waals surface area contributed by atoms with Crippen molar-refractivity contribution in [1.29, 1.82) is 0 Å². The van der Waals surface area contributed by atoms with E-state index >= 15 is 0 Å². The van der Waals surface area contributed by atoms with Crippen molar-refractivity contribution in [1.82, 2.24) is 4.90 Å². The van der Waals surface area contributed by atoms with Gasteiger partial charge in [0.05, 0.1) is 0 Å². The van der Waals surface area contributed by atoms with Crippen LogP contribution in [-0.4, -0.2) is 44.8 Å². The summed E-state index contributed by atoms with van der Waals surface area (Å²) < 4.78 is 11.3. The van der Waals surface area contributed by atoms with E-state index in [4.69, 9.17) is 5.11 Å². The number of benzene rings is 1. The lowest BCUT2D eigenvalue weighted by Crippen LogP contribution is -2.37. The summed E-state index contributed by atoms with van der Waals surface area (Å²) in [7, 11) is -0.636. The van der Waals surface area contributed by atoms with Crippen LogP contribution in [0.1, 0.15) is 11.1 Å². The van der Waals surface area contributed by atoms with Crippen LogP contribution in [0.25, 0.3) is 6.08 Å². The molecule has 1 aromatic carbocycles. The summed E-state index contributed by atoms with van der Waals surface area (Å²) >= 11 is 0. The second kappa shape index (κ2) is 6.63. The summed E-state index contributed by atoms with van der Waals surface area (Å²) in [4.78, 5) is 12.7. The van der Waals surface area contributed by atoms with Gasteiger partial charge in [-0.1, -0.05) is 24.3 Å². The highest BCUT2D eigenvalue weighted by Crippen LogP contribution is 2.10. The van der Waals surface area contributed by atoms with Crippen molar-refractivity contribution in [3.05, 3.63) is 41.5 Å². The number of nitrogens with zero attached hydrogens (tertiary/aromatic N) is 1. The number of rotatable bonds is 4. The third kappa shape index (κ3) is 4.61. The summed E-state index contributed by atoms with van der Waals surface area (Å²) in [5.74, 6) is 0.587. The predicted molar refractivity (Wildman–Crippen MR) is 76.3 cm³/mol. The largest absolute Gasteiger partial charge is 0.478 e.